The second-order valence-electron chi connectivity index (χ2n) is 4.36. The molecule has 0 aliphatic carbocycles. The van der Waals surface area contributed by atoms with Crippen molar-refractivity contribution < 1.29 is 8.42 Å². The number of hydrogen-bond acceptors (Lipinski definition) is 4. The van der Waals surface area contributed by atoms with Crippen LogP contribution in [0.25, 0.3) is 0 Å². The number of sulfonamides is 1. The number of rotatable bonds is 7. The first-order chi connectivity index (χ1) is 10.0. The third kappa shape index (κ3) is 4.47. The molecule has 0 amide bonds. The van der Waals surface area contributed by atoms with Crippen molar-refractivity contribution in [2.24, 2.45) is 7.05 Å². The summed E-state index contributed by atoms with van der Waals surface area (Å²) in [5.41, 5.74) is 0. The van der Waals surface area contributed by atoms with Crippen molar-refractivity contribution in [3.63, 3.8) is 0 Å². The number of thioether (sulfide) groups is 1. The number of halogens is 1. The van der Waals surface area contributed by atoms with Gasteiger partial charge in [-0.15, -0.1) is 11.8 Å². The van der Waals surface area contributed by atoms with E-state index < -0.39 is 10.0 Å². The van der Waals surface area contributed by atoms with Gasteiger partial charge in [-0.1, -0.05) is 29.8 Å². The van der Waals surface area contributed by atoms with Crippen molar-refractivity contribution in [3.05, 3.63) is 41.8 Å². The van der Waals surface area contributed by atoms with E-state index in [9.17, 15) is 8.42 Å². The first kappa shape index (κ1) is 16.4. The maximum Gasteiger partial charge on any atom is 0.261 e. The van der Waals surface area contributed by atoms with Gasteiger partial charge in [0.25, 0.3) is 10.0 Å². The van der Waals surface area contributed by atoms with E-state index in [1.807, 2.05) is 30.3 Å². The minimum absolute atomic E-state index is 0.112. The molecule has 0 bridgehead atoms. The molecule has 0 fully saturated rings. The van der Waals surface area contributed by atoms with Crippen molar-refractivity contribution >= 4 is 33.4 Å². The predicted molar refractivity (Wildman–Crippen MR) is 85.2 cm³/mol. The number of aromatic nitrogens is 2. The molecule has 1 N–H and O–H groups in total. The molecule has 0 saturated heterocycles. The van der Waals surface area contributed by atoms with Crippen LogP contribution in [0.1, 0.15) is 6.42 Å². The summed E-state index contributed by atoms with van der Waals surface area (Å²) in [5.74, 6) is 0.836. The lowest BCUT2D eigenvalue weighted by Gasteiger charge is -2.05. The Morgan fingerprint density at radius 1 is 1.33 bits per heavy atom. The van der Waals surface area contributed by atoms with Crippen LogP contribution in [0.2, 0.25) is 5.15 Å². The van der Waals surface area contributed by atoms with Crippen molar-refractivity contribution in [2.45, 2.75) is 16.3 Å². The van der Waals surface area contributed by atoms with Crippen molar-refractivity contribution in [3.8, 4) is 0 Å². The molecule has 1 heterocycles. The maximum atomic E-state index is 12.0. The van der Waals surface area contributed by atoms with Crippen LogP contribution in [0, 0.1) is 0 Å². The molecule has 1 aromatic heterocycles. The van der Waals surface area contributed by atoms with E-state index in [0.717, 1.165) is 12.2 Å². The summed E-state index contributed by atoms with van der Waals surface area (Å²) in [6, 6.07) is 9.99. The van der Waals surface area contributed by atoms with E-state index >= 15 is 0 Å². The lowest BCUT2D eigenvalue weighted by atomic mass is 10.4. The van der Waals surface area contributed by atoms with E-state index in [0.29, 0.717) is 6.54 Å². The van der Waals surface area contributed by atoms with Gasteiger partial charge in [-0.05, 0) is 24.3 Å². The SMILES string of the molecule is Cn1cnc(S(=O)(=O)NCCCSc2ccccc2)c1Cl. The molecule has 0 saturated carbocycles. The van der Waals surface area contributed by atoms with E-state index in [1.54, 1.807) is 18.8 Å². The highest BCUT2D eigenvalue weighted by Gasteiger charge is 2.21. The van der Waals surface area contributed by atoms with E-state index in [2.05, 4.69) is 9.71 Å². The van der Waals surface area contributed by atoms with Gasteiger partial charge in [0.05, 0.1) is 6.33 Å². The fourth-order valence-electron chi connectivity index (χ4n) is 1.63. The van der Waals surface area contributed by atoms with Gasteiger partial charge in [0.1, 0.15) is 5.15 Å². The molecular formula is C13H16ClN3O2S2. The smallest absolute Gasteiger partial charge is 0.261 e. The number of nitrogens with one attached hydrogen (secondary N) is 1. The van der Waals surface area contributed by atoms with Crippen LogP contribution in [0.4, 0.5) is 0 Å². The zero-order valence-electron chi connectivity index (χ0n) is 11.5. The molecule has 0 aliphatic heterocycles. The largest absolute Gasteiger partial charge is 0.324 e. The van der Waals surface area contributed by atoms with Crippen LogP contribution in [-0.4, -0.2) is 30.3 Å². The quantitative estimate of drug-likeness (QED) is 0.618. The second-order valence-corrected chi connectivity index (χ2v) is 7.57. The van der Waals surface area contributed by atoms with Crippen LogP contribution in [0.5, 0.6) is 0 Å². The number of hydrogen-bond donors (Lipinski definition) is 1. The van der Waals surface area contributed by atoms with Gasteiger partial charge in [0.2, 0.25) is 5.03 Å². The molecule has 21 heavy (non-hydrogen) atoms. The molecule has 0 spiro atoms. The van der Waals surface area contributed by atoms with Crippen LogP contribution in [-0.2, 0) is 17.1 Å². The summed E-state index contributed by atoms with van der Waals surface area (Å²) < 4.78 is 28.0. The van der Waals surface area contributed by atoms with Gasteiger partial charge < -0.3 is 4.57 Å². The van der Waals surface area contributed by atoms with Gasteiger partial charge in [-0.3, -0.25) is 0 Å². The Morgan fingerprint density at radius 3 is 2.67 bits per heavy atom. The van der Waals surface area contributed by atoms with Gasteiger partial charge in [-0.2, -0.15) is 0 Å². The van der Waals surface area contributed by atoms with Gasteiger partial charge in [-0.25, -0.2) is 18.1 Å². The average molecular weight is 346 g/mol. The van der Waals surface area contributed by atoms with E-state index in [-0.39, 0.29) is 10.2 Å². The summed E-state index contributed by atoms with van der Waals surface area (Å²) in [6.07, 6.45) is 2.10. The Bertz CT molecular complexity index is 687. The Balaban J connectivity index is 1.79. The first-order valence-electron chi connectivity index (χ1n) is 6.35. The molecule has 8 heteroatoms. The van der Waals surface area contributed by atoms with Gasteiger partial charge in [0.15, 0.2) is 0 Å². The van der Waals surface area contributed by atoms with Crippen LogP contribution < -0.4 is 4.72 Å². The Hall–Kier alpha value is -1.02. The summed E-state index contributed by atoms with van der Waals surface area (Å²) in [4.78, 5) is 4.98. The summed E-state index contributed by atoms with van der Waals surface area (Å²) in [5, 5.41) is -0.0106. The zero-order valence-corrected chi connectivity index (χ0v) is 13.9. The fraction of sp³-hybridized carbons (Fsp3) is 0.308. The monoisotopic (exact) mass is 345 g/mol. The van der Waals surface area contributed by atoms with Crippen molar-refractivity contribution in [2.75, 3.05) is 12.3 Å². The highest BCUT2D eigenvalue weighted by Crippen LogP contribution is 2.19. The molecular weight excluding hydrogens is 330 g/mol. The third-order valence-corrected chi connectivity index (χ3v) is 5.76. The summed E-state index contributed by atoms with van der Waals surface area (Å²) >= 11 is 7.58. The van der Waals surface area contributed by atoms with Crippen LogP contribution in [0.15, 0.2) is 46.6 Å². The first-order valence-corrected chi connectivity index (χ1v) is 9.20. The Kier molecular flexibility index (Phi) is 5.69. The molecule has 5 nitrogen and oxygen atoms in total. The Labute approximate surface area is 133 Å². The number of nitrogens with zero attached hydrogens (tertiary/aromatic N) is 2. The van der Waals surface area contributed by atoms with Crippen molar-refractivity contribution in [1.82, 2.24) is 14.3 Å². The van der Waals surface area contributed by atoms with Crippen molar-refractivity contribution in [1.29, 1.82) is 0 Å². The van der Waals surface area contributed by atoms with Crippen LogP contribution >= 0.6 is 23.4 Å². The molecule has 2 rings (SSSR count). The third-order valence-electron chi connectivity index (χ3n) is 2.71. The molecule has 0 radical (unpaired) electrons. The standard InChI is InChI=1S/C13H16ClN3O2S2/c1-17-10-15-13(12(17)14)21(18,19)16-8-5-9-20-11-6-3-2-4-7-11/h2-4,6-7,10,16H,5,8-9H2,1H3. The molecule has 0 aliphatic rings. The topological polar surface area (TPSA) is 64.0 Å². The summed E-state index contributed by atoms with van der Waals surface area (Å²) in [6.45, 7) is 0.356. The maximum absolute atomic E-state index is 12.0. The highest BCUT2D eigenvalue weighted by molar-refractivity contribution is 7.99. The zero-order chi connectivity index (χ0) is 15.3. The number of imidazole rings is 1. The normalized spacial score (nSPS) is 11.7. The summed E-state index contributed by atoms with van der Waals surface area (Å²) in [7, 11) is -1.99. The second kappa shape index (κ2) is 7.31. The molecule has 114 valence electrons. The molecule has 1 aromatic carbocycles. The Morgan fingerprint density at radius 2 is 2.05 bits per heavy atom. The predicted octanol–water partition coefficient (Wildman–Crippen LogP) is 2.53. The van der Waals surface area contributed by atoms with E-state index in [4.69, 9.17) is 11.6 Å². The van der Waals surface area contributed by atoms with Crippen LogP contribution in [0.3, 0.4) is 0 Å². The fourth-order valence-corrected chi connectivity index (χ4v) is 4.00. The van der Waals surface area contributed by atoms with E-state index in [1.165, 1.54) is 15.8 Å². The average Bonchev–Trinajstić information content (AvgIpc) is 2.80. The number of aryl methyl sites for hydroxylation is 1. The van der Waals surface area contributed by atoms with Gasteiger partial charge >= 0.3 is 0 Å². The molecule has 0 unspecified atom stereocenters. The lowest BCUT2D eigenvalue weighted by Crippen LogP contribution is -2.25. The number of benzene rings is 1. The minimum Gasteiger partial charge on any atom is -0.324 e. The van der Waals surface area contributed by atoms with Gasteiger partial charge in [0, 0.05) is 18.5 Å². The molecule has 0 atom stereocenters. The molecule has 2 aromatic rings. The lowest BCUT2D eigenvalue weighted by molar-refractivity contribution is 0.578. The minimum atomic E-state index is -3.64. The highest BCUT2D eigenvalue weighted by atomic mass is 35.5.